The molecule has 1 amide bonds. The van der Waals surface area contributed by atoms with Crippen molar-refractivity contribution in [3.8, 4) is 11.5 Å². The summed E-state index contributed by atoms with van der Waals surface area (Å²) in [4.78, 5) is 29.6. The van der Waals surface area contributed by atoms with Crippen LogP contribution in [0.25, 0.3) is 0 Å². The second kappa shape index (κ2) is 8.60. The molecule has 0 aliphatic carbocycles. The van der Waals surface area contributed by atoms with Crippen molar-refractivity contribution in [2.45, 2.75) is 13.0 Å². The van der Waals surface area contributed by atoms with Gasteiger partial charge in [0.15, 0.2) is 11.5 Å². The third kappa shape index (κ3) is 4.38. The number of nitro groups is 1. The maximum Gasteiger partial charge on any atom is 0.269 e. The summed E-state index contributed by atoms with van der Waals surface area (Å²) in [5.74, 6) is 1.12. The number of rotatable bonds is 7. The fraction of sp³-hybridized carbons (Fsp3) is 0.182. The third-order valence-electron chi connectivity index (χ3n) is 4.79. The number of fused-ring (bicyclic) bond motifs is 1. The fourth-order valence-electron chi connectivity index (χ4n) is 3.22. The number of non-ortho nitro benzene ring substituents is 1. The summed E-state index contributed by atoms with van der Waals surface area (Å²) in [6.45, 7) is 0.991. The molecule has 0 unspecified atom stereocenters. The molecule has 0 saturated carbocycles. The third-order valence-corrected chi connectivity index (χ3v) is 4.79. The van der Waals surface area contributed by atoms with Crippen molar-refractivity contribution >= 4 is 11.6 Å². The maximum atomic E-state index is 13.2. The summed E-state index contributed by atoms with van der Waals surface area (Å²) >= 11 is 0. The first-order chi connectivity index (χ1) is 14.6. The quantitative estimate of drug-likeness (QED) is 0.440. The number of carbonyl (C=O) groups excluding carboxylic acids is 1. The molecule has 8 heteroatoms. The van der Waals surface area contributed by atoms with Crippen molar-refractivity contribution in [2.24, 2.45) is 0 Å². The largest absolute Gasteiger partial charge is 0.454 e. The molecule has 30 heavy (non-hydrogen) atoms. The number of carbonyl (C=O) groups is 1. The van der Waals surface area contributed by atoms with Crippen LogP contribution in [0.4, 0.5) is 5.69 Å². The average molecular weight is 405 g/mol. The fourth-order valence-corrected chi connectivity index (χ4v) is 3.22. The number of pyridine rings is 1. The molecular formula is C22H19N3O5. The summed E-state index contributed by atoms with van der Waals surface area (Å²) in [5.41, 5.74) is 2.12. The van der Waals surface area contributed by atoms with Gasteiger partial charge in [0.2, 0.25) is 6.79 Å². The molecule has 0 saturated heterocycles. The van der Waals surface area contributed by atoms with Gasteiger partial charge in [0, 0.05) is 49.1 Å². The first-order valence-corrected chi connectivity index (χ1v) is 9.42. The Bertz CT molecular complexity index is 1050. The minimum atomic E-state index is -0.486. The number of amides is 1. The Kier molecular flexibility index (Phi) is 5.56. The van der Waals surface area contributed by atoms with Gasteiger partial charge >= 0.3 is 0 Å². The molecule has 0 bridgehead atoms. The molecule has 0 radical (unpaired) electrons. The molecule has 152 valence electrons. The van der Waals surface area contributed by atoms with Crippen LogP contribution in [-0.2, 0) is 13.0 Å². The van der Waals surface area contributed by atoms with Crippen LogP contribution in [0.5, 0.6) is 11.5 Å². The van der Waals surface area contributed by atoms with Crippen LogP contribution in [0.3, 0.4) is 0 Å². The number of ether oxygens (including phenoxy) is 2. The van der Waals surface area contributed by atoms with Crippen molar-refractivity contribution in [3.05, 3.63) is 93.8 Å². The Hall–Kier alpha value is -3.94. The van der Waals surface area contributed by atoms with Crippen molar-refractivity contribution in [2.75, 3.05) is 13.3 Å². The lowest BCUT2D eigenvalue weighted by atomic mass is 10.1. The highest BCUT2D eigenvalue weighted by atomic mass is 16.7. The highest BCUT2D eigenvalue weighted by Crippen LogP contribution is 2.33. The van der Waals surface area contributed by atoms with E-state index in [4.69, 9.17) is 9.47 Å². The van der Waals surface area contributed by atoms with Gasteiger partial charge < -0.3 is 14.4 Å². The van der Waals surface area contributed by atoms with Crippen LogP contribution >= 0.6 is 0 Å². The standard InChI is InChI=1S/C22H19N3O5/c26-22(17-5-7-19(8-6-17)25(27)28)24(12-10-18-3-1-2-11-23-18)14-16-4-9-20-21(13-16)30-15-29-20/h1-9,11,13H,10,12,14-15H2. The van der Waals surface area contributed by atoms with Crippen LogP contribution < -0.4 is 9.47 Å². The van der Waals surface area contributed by atoms with E-state index < -0.39 is 4.92 Å². The molecule has 0 atom stereocenters. The molecule has 1 aliphatic rings. The van der Waals surface area contributed by atoms with E-state index in [2.05, 4.69) is 4.98 Å². The molecule has 2 heterocycles. The molecule has 2 aromatic carbocycles. The van der Waals surface area contributed by atoms with Crippen LogP contribution in [-0.4, -0.2) is 34.1 Å². The summed E-state index contributed by atoms with van der Waals surface area (Å²) in [6.07, 6.45) is 2.31. The van der Waals surface area contributed by atoms with E-state index in [0.717, 1.165) is 11.3 Å². The van der Waals surface area contributed by atoms with E-state index in [0.29, 0.717) is 36.6 Å². The van der Waals surface area contributed by atoms with Gasteiger partial charge in [-0.15, -0.1) is 0 Å². The number of nitrogens with zero attached hydrogens (tertiary/aromatic N) is 3. The minimum Gasteiger partial charge on any atom is -0.454 e. The van der Waals surface area contributed by atoms with E-state index in [1.54, 1.807) is 11.1 Å². The van der Waals surface area contributed by atoms with Gasteiger partial charge in [-0.1, -0.05) is 12.1 Å². The lowest BCUT2D eigenvalue weighted by Gasteiger charge is -2.23. The Balaban J connectivity index is 1.55. The van der Waals surface area contributed by atoms with Crippen molar-refractivity contribution in [3.63, 3.8) is 0 Å². The molecule has 3 aromatic rings. The first-order valence-electron chi connectivity index (χ1n) is 9.42. The Labute approximate surface area is 172 Å². The molecule has 8 nitrogen and oxygen atoms in total. The molecule has 4 rings (SSSR count). The van der Waals surface area contributed by atoms with Gasteiger partial charge in [0.05, 0.1) is 4.92 Å². The summed E-state index contributed by atoms with van der Waals surface area (Å²) in [7, 11) is 0. The predicted octanol–water partition coefficient (Wildman–Crippen LogP) is 3.60. The van der Waals surface area contributed by atoms with Crippen LogP contribution in [0.1, 0.15) is 21.6 Å². The number of hydrogen-bond donors (Lipinski definition) is 0. The zero-order valence-electron chi connectivity index (χ0n) is 16.1. The zero-order chi connectivity index (χ0) is 20.9. The van der Waals surface area contributed by atoms with E-state index in [9.17, 15) is 14.9 Å². The van der Waals surface area contributed by atoms with E-state index in [-0.39, 0.29) is 18.4 Å². The average Bonchev–Trinajstić information content (AvgIpc) is 3.25. The number of benzene rings is 2. The highest BCUT2D eigenvalue weighted by molar-refractivity contribution is 5.94. The molecule has 0 fully saturated rings. The maximum absolute atomic E-state index is 13.2. The van der Waals surface area contributed by atoms with Gasteiger partial charge in [-0.05, 0) is 42.0 Å². The van der Waals surface area contributed by atoms with E-state index in [1.165, 1.54) is 24.3 Å². The SMILES string of the molecule is O=C(c1ccc([N+](=O)[O-])cc1)N(CCc1ccccn1)Cc1ccc2c(c1)OCO2. The first kappa shape index (κ1) is 19.4. The van der Waals surface area contributed by atoms with Crippen LogP contribution in [0.2, 0.25) is 0 Å². The monoisotopic (exact) mass is 405 g/mol. The Morgan fingerprint density at radius 2 is 1.87 bits per heavy atom. The molecular weight excluding hydrogens is 386 g/mol. The number of hydrogen-bond acceptors (Lipinski definition) is 6. The molecule has 1 aliphatic heterocycles. The molecule has 0 spiro atoms. The van der Waals surface area contributed by atoms with Gasteiger partial charge in [0.1, 0.15) is 0 Å². The summed E-state index contributed by atoms with van der Waals surface area (Å²) in [6, 6.07) is 16.9. The van der Waals surface area contributed by atoms with Gasteiger partial charge in [-0.3, -0.25) is 19.9 Å². The van der Waals surface area contributed by atoms with Crippen molar-refractivity contribution < 1.29 is 19.2 Å². The summed E-state index contributed by atoms with van der Waals surface area (Å²) in [5, 5.41) is 10.9. The molecule has 1 aromatic heterocycles. The second-order valence-corrected chi connectivity index (χ2v) is 6.79. The van der Waals surface area contributed by atoms with E-state index >= 15 is 0 Å². The minimum absolute atomic E-state index is 0.0534. The zero-order valence-corrected chi connectivity index (χ0v) is 16.1. The van der Waals surface area contributed by atoms with Crippen molar-refractivity contribution in [1.29, 1.82) is 0 Å². The van der Waals surface area contributed by atoms with E-state index in [1.807, 2.05) is 36.4 Å². The number of aromatic nitrogens is 1. The van der Waals surface area contributed by atoms with Gasteiger partial charge in [-0.25, -0.2) is 0 Å². The topological polar surface area (TPSA) is 94.8 Å². The van der Waals surface area contributed by atoms with Gasteiger partial charge in [-0.2, -0.15) is 0 Å². The van der Waals surface area contributed by atoms with Gasteiger partial charge in [0.25, 0.3) is 11.6 Å². The lowest BCUT2D eigenvalue weighted by Crippen LogP contribution is -2.32. The highest BCUT2D eigenvalue weighted by Gasteiger charge is 2.20. The van der Waals surface area contributed by atoms with Crippen molar-refractivity contribution in [1.82, 2.24) is 9.88 Å². The Morgan fingerprint density at radius 3 is 2.60 bits per heavy atom. The van der Waals surface area contributed by atoms with Crippen LogP contribution in [0, 0.1) is 10.1 Å². The Morgan fingerprint density at radius 1 is 1.07 bits per heavy atom. The second-order valence-electron chi connectivity index (χ2n) is 6.79. The number of nitro benzene ring substituents is 1. The molecule has 0 N–H and O–H groups in total. The normalized spacial score (nSPS) is 11.9. The lowest BCUT2D eigenvalue weighted by molar-refractivity contribution is -0.384. The summed E-state index contributed by atoms with van der Waals surface area (Å²) < 4.78 is 10.8. The predicted molar refractivity (Wildman–Crippen MR) is 108 cm³/mol. The smallest absolute Gasteiger partial charge is 0.269 e. The van der Waals surface area contributed by atoms with Crippen LogP contribution in [0.15, 0.2) is 66.9 Å².